The lowest BCUT2D eigenvalue weighted by atomic mass is 10.1. The zero-order valence-electron chi connectivity index (χ0n) is 10.0. The second kappa shape index (κ2) is 5.53. The van der Waals surface area contributed by atoms with Crippen molar-refractivity contribution in [2.75, 3.05) is 12.4 Å². The van der Waals surface area contributed by atoms with Crippen molar-refractivity contribution in [2.45, 2.75) is 0 Å². The summed E-state index contributed by atoms with van der Waals surface area (Å²) in [5.41, 5.74) is 1.91. The fourth-order valence-corrected chi connectivity index (χ4v) is 2.39. The molecule has 2 aromatic rings. The molecule has 0 saturated heterocycles. The first-order valence-corrected chi connectivity index (χ1v) is 6.26. The Morgan fingerprint density at radius 2 is 2.11 bits per heavy atom. The molecule has 0 aliphatic rings. The number of hydrogen-bond donors (Lipinski definition) is 2. The number of ether oxygens (including phenoxy) is 1. The third-order valence-electron chi connectivity index (χ3n) is 2.46. The molecule has 19 heavy (non-hydrogen) atoms. The van der Waals surface area contributed by atoms with Crippen molar-refractivity contribution >= 4 is 29.1 Å². The third-order valence-corrected chi connectivity index (χ3v) is 3.37. The van der Waals surface area contributed by atoms with Crippen LogP contribution in [0.2, 0.25) is 0 Å². The second-order valence-electron chi connectivity index (χ2n) is 3.67. The Bertz CT molecular complexity index is 621. The molecule has 0 aliphatic heterocycles. The highest BCUT2D eigenvalue weighted by molar-refractivity contribution is 7.12. The molecule has 0 radical (unpaired) electrons. The summed E-state index contributed by atoms with van der Waals surface area (Å²) in [7, 11) is 1.28. The van der Waals surface area contributed by atoms with Gasteiger partial charge in [-0.05, 0) is 29.1 Å². The summed E-state index contributed by atoms with van der Waals surface area (Å²) in [6, 6.07) is 8.67. The van der Waals surface area contributed by atoms with E-state index in [2.05, 4.69) is 10.1 Å². The van der Waals surface area contributed by atoms with Crippen LogP contribution in [0.4, 0.5) is 10.5 Å². The fraction of sp³-hybridized carbons (Fsp3) is 0.0769. The van der Waals surface area contributed by atoms with Crippen molar-refractivity contribution in [3.63, 3.8) is 0 Å². The van der Waals surface area contributed by atoms with Crippen LogP contribution in [0.5, 0.6) is 0 Å². The lowest BCUT2D eigenvalue weighted by Gasteiger charge is -2.06. The molecule has 0 bridgehead atoms. The van der Waals surface area contributed by atoms with E-state index in [0.29, 0.717) is 11.3 Å². The zero-order valence-corrected chi connectivity index (χ0v) is 10.9. The van der Waals surface area contributed by atoms with Crippen LogP contribution in [0.25, 0.3) is 11.1 Å². The molecule has 0 spiro atoms. The van der Waals surface area contributed by atoms with Crippen LogP contribution >= 0.6 is 11.3 Å². The molecule has 5 nitrogen and oxygen atoms in total. The van der Waals surface area contributed by atoms with E-state index in [9.17, 15) is 9.59 Å². The zero-order chi connectivity index (χ0) is 13.8. The maximum atomic E-state index is 11.1. The molecule has 0 unspecified atom stereocenters. The van der Waals surface area contributed by atoms with Crippen molar-refractivity contribution < 1.29 is 19.4 Å². The molecule has 2 rings (SSSR count). The standard InChI is InChI=1S/C13H11NO4S/c1-18-13(17)14-9-4-2-3-8(7-9)10-5-6-19-11(10)12(15)16/h2-7H,1H3,(H,14,17)(H,15,16). The minimum Gasteiger partial charge on any atom is -0.477 e. The smallest absolute Gasteiger partial charge is 0.411 e. The van der Waals surface area contributed by atoms with Gasteiger partial charge in [0.1, 0.15) is 4.88 Å². The van der Waals surface area contributed by atoms with Crippen LogP contribution < -0.4 is 5.32 Å². The second-order valence-corrected chi connectivity index (χ2v) is 4.58. The Morgan fingerprint density at radius 3 is 2.79 bits per heavy atom. The summed E-state index contributed by atoms with van der Waals surface area (Å²) in [6.07, 6.45) is -0.569. The Labute approximate surface area is 113 Å². The number of benzene rings is 1. The van der Waals surface area contributed by atoms with Crippen molar-refractivity contribution in [1.82, 2.24) is 0 Å². The van der Waals surface area contributed by atoms with E-state index < -0.39 is 12.1 Å². The van der Waals surface area contributed by atoms with Gasteiger partial charge in [0.15, 0.2) is 0 Å². The van der Waals surface area contributed by atoms with E-state index >= 15 is 0 Å². The predicted molar refractivity (Wildman–Crippen MR) is 72.7 cm³/mol. The molecule has 98 valence electrons. The summed E-state index contributed by atoms with van der Waals surface area (Å²) in [5.74, 6) is -0.962. The molecular weight excluding hydrogens is 266 g/mol. The van der Waals surface area contributed by atoms with Gasteiger partial charge in [-0.3, -0.25) is 5.32 Å². The van der Waals surface area contributed by atoms with E-state index in [0.717, 1.165) is 5.56 Å². The van der Waals surface area contributed by atoms with Gasteiger partial charge in [-0.15, -0.1) is 11.3 Å². The topological polar surface area (TPSA) is 75.6 Å². The predicted octanol–water partition coefficient (Wildman–Crippen LogP) is 3.29. The molecule has 1 amide bonds. The number of carbonyl (C=O) groups excluding carboxylic acids is 1. The lowest BCUT2D eigenvalue weighted by Crippen LogP contribution is -2.10. The number of carboxylic acid groups (broad SMARTS) is 1. The quantitative estimate of drug-likeness (QED) is 0.902. The largest absolute Gasteiger partial charge is 0.477 e. The highest BCUT2D eigenvalue weighted by atomic mass is 32.1. The van der Waals surface area contributed by atoms with Crippen LogP contribution in [-0.4, -0.2) is 24.3 Å². The van der Waals surface area contributed by atoms with Crippen molar-refractivity contribution in [3.8, 4) is 11.1 Å². The van der Waals surface area contributed by atoms with Gasteiger partial charge in [0.05, 0.1) is 7.11 Å². The number of anilines is 1. The first-order valence-electron chi connectivity index (χ1n) is 5.38. The molecule has 2 N–H and O–H groups in total. The van der Waals surface area contributed by atoms with Gasteiger partial charge in [0.25, 0.3) is 0 Å². The minimum atomic E-state index is -0.962. The summed E-state index contributed by atoms with van der Waals surface area (Å²) < 4.78 is 4.50. The van der Waals surface area contributed by atoms with Crippen molar-refractivity contribution in [2.24, 2.45) is 0 Å². The first kappa shape index (κ1) is 13.1. The summed E-state index contributed by atoms with van der Waals surface area (Å²) in [5, 5.41) is 13.3. The molecule has 6 heteroatoms. The Hall–Kier alpha value is -2.34. The van der Waals surface area contributed by atoms with Crippen LogP contribution in [-0.2, 0) is 4.74 Å². The molecule has 0 fully saturated rings. The van der Waals surface area contributed by atoms with E-state index in [4.69, 9.17) is 5.11 Å². The van der Waals surface area contributed by atoms with E-state index in [1.54, 1.807) is 35.7 Å². The van der Waals surface area contributed by atoms with Gasteiger partial charge in [-0.25, -0.2) is 9.59 Å². The number of aromatic carboxylic acids is 1. The summed E-state index contributed by atoms with van der Waals surface area (Å²) in [4.78, 5) is 22.5. The SMILES string of the molecule is COC(=O)Nc1cccc(-c2ccsc2C(=O)O)c1. The number of rotatable bonds is 3. The molecule has 1 aromatic carbocycles. The number of thiophene rings is 1. The fourth-order valence-electron chi connectivity index (χ4n) is 1.64. The monoisotopic (exact) mass is 277 g/mol. The van der Waals surface area contributed by atoms with E-state index in [1.165, 1.54) is 18.4 Å². The molecular formula is C13H11NO4S. The number of carbonyl (C=O) groups is 2. The normalized spacial score (nSPS) is 9.95. The van der Waals surface area contributed by atoms with E-state index in [1.807, 2.05) is 0 Å². The molecule has 0 atom stereocenters. The van der Waals surface area contributed by atoms with E-state index in [-0.39, 0.29) is 4.88 Å². The molecule has 0 saturated carbocycles. The van der Waals surface area contributed by atoms with Gasteiger partial charge in [-0.2, -0.15) is 0 Å². The van der Waals surface area contributed by atoms with Crippen LogP contribution in [0.1, 0.15) is 9.67 Å². The Morgan fingerprint density at radius 1 is 1.32 bits per heavy atom. The maximum Gasteiger partial charge on any atom is 0.411 e. The van der Waals surface area contributed by atoms with Gasteiger partial charge in [-0.1, -0.05) is 12.1 Å². The Kier molecular flexibility index (Phi) is 3.82. The minimum absolute atomic E-state index is 0.273. The lowest BCUT2D eigenvalue weighted by molar-refractivity contribution is 0.0703. The molecule has 1 heterocycles. The van der Waals surface area contributed by atoms with Crippen molar-refractivity contribution in [3.05, 3.63) is 40.6 Å². The van der Waals surface area contributed by atoms with Gasteiger partial charge in [0, 0.05) is 11.3 Å². The van der Waals surface area contributed by atoms with Crippen LogP contribution in [0.3, 0.4) is 0 Å². The first-order chi connectivity index (χ1) is 9.11. The number of methoxy groups -OCH3 is 1. The van der Waals surface area contributed by atoms with Crippen LogP contribution in [0, 0.1) is 0 Å². The third kappa shape index (κ3) is 2.92. The van der Waals surface area contributed by atoms with Crippen molar-refractivity contribution in [1.29, 1.82) is 0 Å². The summed E-state index contributed by atoms with van der Waals surface area (Å²) >= 11 is 1.17. The van der Waals surface area contributed by atoms with Crippen LogP contribution in [0.15, 0.2) is 35.7 Å². The molecule has 0 aliphatic carbocycles. The Balaban J connectivity index is 2.35. The highest BCUT2D eigenvalue weighted by Gasteiger charge is 2.13. The van der Waals surface area contributed by atoms with Gasteiger partial charge < -0.3 is 9.84 Å². The average Bonchev–Trinajstić information content (AvgIpc) is 2.88. The molecule has 1 aromatic heterocycles. The number of carboxylic acids is 1. The number of amides is 1. The number of nitrogens with one attached hydrogen (secondary N) is 1. The highest BCUT2D eigenvalue weighted by Crippen LogP contribution is 2.29. The van der Waals surface area contributed by atoms with Gasteiger partial charge >= 0.3 is 12.1 Å². The number of hydrogen-bond acceptors (Lipinski definition) is 4. The maximum absolute atomic E-state index is 11.1. The van der Waals surface area contributed by atoms with Gasteiger partial charge in [0.2, 0.25) is 0 Å². The average molecular weight is 277 g/mol. The summed E-state index contributed by atoms with van der Waals surface area (Å²) in [6.45, 7) is 0.